The van der Waals surface area contributed by atoms with Crippen molar-refractivity contribution < 1.29 is 4.74 Å². The zero-order valence-corrected chi connectivity index (χ0v) is 11.1. The van der Waals surface area contributed by atoms with Crippen molar-refractivity contribution in [2.75, 3.05) is 7.11 Å². The van der Waals surface area contributed by atoms with E-state index in [1.54, 1.807) is 43.8 Å². The first-order valence-electron chi connectivity index (χ1n) is 5.35. The van der Waals surface area contributed by atoms with Crippen molar-refractivity contribution in [2.24, 2.45) is 7.05 Å². The van der Waals surface area contributed by atoms with E-state index in [1.807, 2.05) is 0 Å². The second-order valence-corrected chi connectivity index (χ2v) is 4.32. The standard InChI is InChI=1S/C13H12ClN3O/c1-8-11(7-15)17(2)13(16-8)10-6-9(14)4-5-12(10)18-3/h4-6H,1-3H3. The third-order valence-corrected chi connectivity index (χ3v) is 3.01. The van der Waals surface area contributed by atoms with Gasteiger partial charge in [-0.2, -0.15) is 5.26 Å². The molecule has 5 heteroatoms. The molecule has 0 aliphatic rings. The number of methoxy groups -OCH3 is 1. The summed E-state index contributed by atoms with van der Waals surface area (Å²) in [6, 6.07) is 7.45. The summed E-state index contributed by atoms with van der Waals surface area (Å²) in [4.78, 5) is 4.40. The van der Waals surface area contributed by atoms with Crippen molar-refractivity contribution in [3.8, 4) is 23.2 Å². The van der Waals surface area contributed by atoms with Crippen LogP contribution in [0.25, 0.3) is 11.4 Å². The van der Waals surface area contributed by atoms with E-state index in [1.165, 1.54) is 0 Å². The summed E-state index contributed by atoms with van der Waals surface area (Å²) >= 11 is 6.00. The van der Waals surface area contributed by atoms with E-state index >= 15 is 0 Å². The van der Waals surface area contributed by atoms with Gasteiger partial charge in [-0.3, -0.25) is 0 Å². The molecule has 2 rings (SSSR count). The van der Waals surface area contributed by atoms with Crippen LogP contribution in [0.5, 0.6) is 5.75 Å². The molecular formula is C13H12ClN3O. The van der Waals surface area contributed by atoms with Crippen LogP contribution in [-0.2, 0) is 7.05 Å². The topological polar surface area (TPSA) is 50.8 Å². The van der Waals surface area contributed by atoms with Gasteiger partial charge in [0.2, 0.25) is 0 Å². The molecule has 0 aliphatic heterocycles. The van der Waals surface area contributed by atoms with E-state index in [0.29, 0.717) is 28.0 Å². The predicted octanol–water partition coefficient (Wildman–Crippen LogP) is 2.93. The maximum Gasteiger partial charge on any atom is 0.144 e. The van der Waals surface area contributed by atoms with Crippen molar-refractivity contribution in [1.29, 1.82) is 5.26 Å². The minimum absolute atomic E-state index is 0.534. The van der Waals surface area contributed by atoms with Crippen LogP contribution >= 0.6 is 11.6 Å². The smallest absolute Gasteiger partial charge is 0.144 e. The Labute approximate surface area is 110 Å². The number of hydrogen-bond acceptors (Lipinski definition) is 3. The van der Waals surface area contributed by atoms with Crippen LogP contribution in [0.3, 0.4) is 0 Å². The highest BCUT2D eigenvalue weighted by atomic mass is 35.5. The molecule has 0 bridgehead atoms. The summed E-state index contributed by atoms with van der Waals surface area (Å²) in [7, 11) is 3.39. The summed E-state index contributed by atoms with van der Waals surface area (Å²) in [5.41, 5.74) is 2.00. The third kappa shape index (κ3) is 1.93. The minimum Gasteiger partial charge on any atom is -0.496 e. The summed E-state index contributed by atoms with van der Waals surface area (Å²) in [6.45, 7) is 1.80. The zero-order chi connectivity index (χ0) is 13.3. The molecule has 1 heterocycles. The van der Waals surface area contributed by atoms with Crippen molar-refractivity contribution in [3.05, 3.63) is 34.6 Å². The number of benzene rings is 1. The molecular weight excluding hydrogens is 250 g/mol. The lowest BCUT2D eigenvalue weighted by Crippen LogP contribution is -1.97. The Morgan fingerprint density at radius 3 is 2.72 bits per heavy atom. The van der Waals surface area contributed by atoms with Crippen LogP contribution in [0.1, 0.15) is 11.4 Å². The van der Waals surface area contributed by atoms with Gasteiger partial charge in [-0.05, 0) is 25.1 Å². The molecule has 4 nitrogen and oxygen atoms in total. The van der Waals surface area contributed by atoms with Crippen LogP contribution in [0.4, 0.5) is 0 Å². The molecule has 0 amide bonds. The van der Waals surface area contributed by atoms with E-state index in [9.17, 15) is 0 Å². The molecule has 0 unspecified atom stereocenters. The van der Waals surface area contributed by atoms with Gasteiger partial charge in [0.15, 0.2) is 0 Å². The fourth-order valence-corrected chi connectivity index (χ4v) is 2.06. The molecule has 1 aromatic carbocycles. The van der Waals surface area contributed by atoms with Crippen LogP contribution < -0.4 is 4.74 Å². The Morgan fingerprint density at radius 1 is 1.44 bits per heavy atom. The quantitative estimate of drug-likeness (QED) is 0.835. The summed E-state index contributed by atoms with van der Waals surface area (Å²) in [5, 5.41) is 9.67. The summed E-state index contributed by atoms with van der Waals surface area (Å²) < 4.78 is 7.04. The number of halogens is 1. The number of nitrogens with zero attached hydrogens (tertiary/aromatic N) is 3. The monoisotopic (exact) mass is 261 g/mol. The molecule has 1 aromatic heterocycles. The van der Waals surface area contributed by atoms with Gasteiger partial charge in [0, 0.05) is 12.1 Å². The lowest BCUT2D eigenvalue weighted by molar-refractivity contribution is 0.416. The van der Waals surface area contributed by atoms with Gasteiger partial charge in [-0.25, -0.2) is 4.98 Å². The maximum absolute atomic E-state index is 9.07. The van der Waals surface area contributed by atoms with Crippen molar-refractivity contribution in [2.45, 2.75) is 6.92 Å². The number of hydrogen-bond donors (Lipinski definition) is 0. The number of rotatable bonds is 2. The fraction of sp³-hybridized carbons (Fsp3) is 0.231. The first-order chi connectivity index (χ1) is 8.58. The Balaban J connectivity index is 2.70. The van der Waals surface area contributed by atoms with Crippen LogP contribution in [0.15, 0.2) is 18.2 Å². The number of aromatic nitrogens is 2. The molecule has 0 fully saturated rings. The zero-order valence-electron chi connectivity index (χ0n) is 10.4. The lowest BCUT2D eigenvalue weighted by Gasteiger charge is -2.08. The molecule has 0 atom stereocenters. The Kier molecular flexibility index (Phi) is 3.26. The van der Waals surface area contributed by atoms with Gasteiger partial charge >= 0.3 is 0 Å². The van der Waals surface area contributed by atoms with E-state index in [0.717, 1.165) is 5.56 Å². The van der Waals surface area contributed by atoms with Gasteiger partial charge in [0.05, 0.1) is 18.4 Å². The average Bonchev–Trinajstić information content (AvgIpc) is 2.64. The van der Waals surface area contributed by atoms with Gasteiger partial charge in [-0.15, -0.1) is 0 Å². The second kappa shape index (κ2) is 4.71. The second-order valence-electron chi connectivity index (χ2n) is 3.88. The highest BCUT2D eigenvalue weighted by Crippen LogP contribution is 2.32. The van der Waals surface area contributed by atoms with Crippen LogP contribution in [-0.4, -0.2) is 16.7 Å². The number of ether oxygens (including phenoxy) is 1. The minimum atomic E-state index is 0.534. The number of imidazole rings is 1. The highest BCUT2D eigenvalue weighted by molar-refractivity contribution is 6.30. The van der Waals surface area contributed by atoms with Gasteiger partial charge in [0.25, 0.3) is 0 Å². The predicted molar refractivity (Wildman–Crippen MR) is 69.7 cm³/mol. The largest absolute Gasteiger partial charge is 0.496 e. The van der Waals surface area contributed by atoms with E-state index < -0.39 is 0 Å². The Morgan fingerprint density at radius 2 is 2.17 bits per heavy atom. The van der Waals surface area contributed by atoms with Crippen molar-refractivity contribution in [3.63, 3.8) is 0 Å². The fourth-order valence-electron chi connectivity index (χ4n) is 1.89. The molecule has 18 heavy (non-hydrogen) atoms. The third-order valence-electron chi connectivity index (χ3n) is 2.78. The number of aryl methyl sites for hydroxylation is 1. The molecule has 2 aromatic rings. The first kappa shape index (κ1) is 12.5. The van der Waals surface area contributed by atoms with E-state index in [4.69, 9.17) is 21.6 Å². The van der Waals surface area contributed by atoms with Crippen molar-refractivity contribution >= 4 is 11.6 Å². The molecule has 0 saturated carbocycles. The maximum atomic E-state index is 9.07. The lowest BCUT2D eigenvalue weighted by atomic mass is 10.2. The summed E-state index contributed by atoms with van der Waals surface area (Å²) in [5.74, 6) is 1.35. The van der Waals surface area contributed by atoms with Gasteiger partial charge < -0.3 is 9.30 Å². The van der Waals surface area contributed by atoms with E-state index in [2.05, 4.69) is 11.1 Å². The molecule has 0 aliphatic carbocycles. The van der Waals surface area contributed by atoms with Crippen molar-refractivity contribution in [1.82, 2.24) is 9.55 Å². The molecule has 0 radical (unpaired) electrons. The summed E-state index contributed by atoms with van der Waals surface area (Å²) in [6.07, 6.45) is 0. The molecule has 0 N–H and O–H groups in total. The SMILES string of the molecule is COc1ccc(Cl)cc1-c1nc(C)c(C#N)n1C. The Bertz CT molecular complexity index is 640. The first-order valence-corrected chi connectivity index (χ1v) is 5.73. The average molecular weight is 262 g/mol. The highest BCUT2D eigenvalue weighted by Gasteiger charge is 2.16. The van der Waals surface area contributed by atoms with Crippen LogP contribution in [0.2, 0.25) is 5.02 Å². The van der Waals surface area contributed by atoms with E-state index in [-0.39, 0.29) is 0 Å². The molecule has 0 saturated heterocycles. The molecule has 92 valence electrons. The number of nitriles is 1. The van der Waals surface area contributed by atoms with Crippen LogP contribution in [0, 0.1) is 18.3 Å². The van der Waals surface area contributed by atoms with Gasteiger partial charge in [-0.1, -0.05) is 11.6 Å². The normalized spacial score (nSPS) is 10.2. The Hall–Kier alpha value is -1.99. The molecule has 0 spiro atoms. The van der Waals surface area contributed by atoms with Gasteiger partial charge in [0.1, 0.15) is 23.3 Å².